The number of aromatic nitrogens is 1. The molecule has 3 heterocycles. The summed E-state index contributed by atoms with van der Waals surface area (Å²) in [6.07, 6.45) is 6.83. The maximum absolute atomic E-state index is 12.8. The van der Waals surface area contributed by atoms with Gasteiger partial charge in [-0.3, -0.25) is 4.79 Å². The smallest absolute Gasteiger partial charge is 0.256 e. The minimum Gasteiger partial charge on any atom is -0.474 e. The van der Waals surface area contributed by atoms with Gasteiger partial charge >= 0.3 is 0 Å². The zero-order chi connectivity index (χ0) is 18.9. The first kappa shape index (κ1) is 17.7. The molecule has 5 rings (SSSR count). The number of nitrogens with zero attached hydrogens (tertiary/aromatic N) is 3. The van der Waals surface area contributed by atoms with Gasteiger partial charge in [-0.1, -0.05) is 24.3 Å². The largest absolute Gasteiger partial charge is 0.474 e. The van der Waals surface area contributed by atoms with E-state index in [-0.39, 0.29) is 12.0 Å². The first-order valence-corrected chi connectivity index (χ1v) is 10.5. The SMILES string of the molecule is O=C(c1ccc(OC2CCN(CC3CC3)CC2)nc1)N1Cc2ccccc2C1. The van der Waals surface area contributed by atoms with Gasteiger partial charge in [0.1, 0.15) is 6.10 Å². The fourth-order valence-electron chi connectivity index (χ4n) is 4.28. The maximum Gasteiger partial charge on any atom is 0.256 e. The van der Waals surface area contributed by atoms with Gasteiger partial charge < -0.3 is 14.5 Å². The molecule has 1 aliphatic carbocycles. The number of ether oxygens (including phenoxy) is 1. The van der Waals surface area contributed by atoms with Crippen LogP contribution in [0, 0.1) is 5.92 Å². The van der Waals surface area contributed by atoms with Crippen LogP contribution in [0.2, 0.25) is 0 Å². The molecule has 1 amide bonds. The number of rotatable bonds is 5. The zero-order valence-electron chi connectivity index (χ0n) is 16.2. The molecule has 2 aromatic rings. The number of hydrogen-bond acceptors (Lipinski definition) is 4. The van der Waals surface area contributed by atoms with Crippen LogP contribution in [0.3, 0.4) is 0 Å². The Hall–Kier alpha value is -2.40. The third-order valence-electron chi connectivity index (χ3n) is 6.15. The van der Waals surface area contributed by atoms with Gasteiger partial charge in [0.2, 0.25) is 5.88 Å². The second kappa shape index (κ2) is 7.55. The standard InChI is InChI=1S/C23H27N3O2/c27-23(26-15-19-3-1-2-4-20(19)16-26)18-7-8-22(24-13-18)28-21-9-11-25(12-10-21)14-17-5-6-17/h1-4,7-8,13,17,21H,5-6,9-12,14-16H2. The number of fused-ring (bicyclic) bond motifs is 1. The van der Waals surface area contributed by atoms with Crippen molar-refractivity contribution in [3.63, 3.8) is 0 Å². The van der Waals surface area contributed by atoms with Gasteiger partial charge in [0, 0.05) is 45.0 Å². The third-order valence-corrected chi connectivity index (χ3v) is 6.15. The Morgan fingerprint density at radius 2 is 1.71 bits per heavy atom. The lowest BCUT2D eigenvalue weighted by molar-refractivity contribution is 0.0750. The molecular weight excluding hydrogens is 350 g/mol. The van der Waals surface area contributed by atoms with Crippen molar-refractivity contribution in [2.45, 2.75) is 44.9 Å². The van der Waals surface area contributed by atoms with Gasteiger partial charge in [-0.05, 0) is 48.8 Å². The molecule has 0 spiro atoms. The molecule has 0 unspecified atom stereocenters. The van der Waals surface area contributed by atoms with Gasteiger partial charge in [-0.15, -0.1) is 0 Å². The van der Waals surface area contributed by atoms with Crippen LogP contribution < -0.4 is 4.74 Å². The summed E-state index contributed by atoms with van der Waals surface area (Å²) in [5, 5.41) is 0. The average Bonchev–Trinajstić information content (AvgIpc) is 3.44. The Morgan fingerprint density at radius 1 is 1.00 bits per heavy atom. The van der Waals surface area contributed by atoms with Gasteiger partial charge in [0.05, 0.1) is 5.56 Å². The van der Waals surface area contributed by atoms with Crippen molar-refractivity contribution in [2.75, 3.05) is 19.6 Å². The Morgan fingerprint density at radius 3 is 2.32 bits per heavy atom. The molecule has 1 saturated heterocycles. The normalized spacial score (nSPS) is 20.2. The lowest BCUT2D eigenvalue weighted by Gasteiger charge is -2.31. The number of carbonyl (C=O) groups excluding carboxylic acids is 1. The third kappa shape index (κ3) is 3.90. The highest BCUT2D eigenvalue weighted by atomic mass is 16.5. The Kier molecular flexibility index (Phi) is 4.77. The van der Waals surface area contributed by atoms with Crippen LogP contribution in [-0.2, 0) is 13.1 Å². The van der Waals surface area contributed by atoms with Crippen LogP contribution in [0.1, 0.15) is 47.2 Å². The zero-order valence-corrected chi connectivity index (χ0v) is 16.2. The van der Waals surface area contributed by atoms with E-state index in [1.165, 1.54) is 30.5 Å². The lowest BCUT2D eigenvalue weighted by Crippen LogP contribution is -2.39. The fourth-order valence-corrected chi connectivity index (χ4v) is 4.28. The molecule has 5 nitrogen and oxygen atoms in total. The molecule has 28 heavy (non-hydrogen) atoms. The van der Waals surface area contributed by atoms with Crippen molar-refractivity contribution in [3.05, 3.63) is 59.3 Å². The maximum atomic E-state index is 12.8. The fraction of sp³-hybridized carbons (Fsp3) is 0.478. The highest BCUT2D eigenvalue weighted by Gasteiger charge is 2.28. The number of pyridine rings is 1. The summed E-state index contributed by atoms with van der Waals surface area (Å²) in [4.78, 5) is 21.6. The second-order valence-corrected chi connectivity index (χ2v) is 8.38. The average molecular weight is 377 g/mol. The van der Waals surface area contributed by atoms with Crippen molar-refractivity contribution in [1.29, 1.82) is 0 Å². The number of benzene rings is 1. The van der Waals surface area contributed by atoms with Crippen molar-refractivity contribution in [3.8, 4) is 5.88 Å². The first-order chi connectivity index (χ1) is 13.7. The number of likely N-dealkylation sites (tertiary alicyclic amines) is 1. The quantitative estimate of drug-likeness (QED) is 0.800. The summed E-state index contributed by atoms with van der Waals surface area (Å²) in [6.45, 7) is 4.85. The number of hydrogen-bond donors (Lipinski definition) is 0. The van der Waals surface area contributed by atoms with Crippen molar-refractivity contribution >= 4 is 5.91 Å². The summed E-state index contributed by atoms with van der Waals surface area (Å²) in [5.41, 5.74) is 3.09. The van der Waals surface area contributed by atoms with E-state index >= 15 is 0 Å². The molecule has 1 saturated carbocycles. The van der Waals surface area contributed by atoms with E-state index in [9.17, 15) is 4.79 Å². The first-order valence-electron chi connectivity index (χ1n) is 10.5. The highest BCUT2D eigenvalue weighted by molar-refractivity contribution is 5.94. The number of carbonyl (C=O) groups is 1. The minimum atomic E-state index is 0.0311. The van der Waals surface area contributed by atoms with Crippen LogP contribution >= 0.6 is 0 Å². The van der Waals surface area contributed by atoms with Crippen LogP contribution in [0.5, 0.6) is 5.88 Å². The predicted octanol–water partition coefficient (Wildman–Crippen LogP) is 3.49. The molecule has 0 radical (unpaired) electrons. The topological polar surface area (TPSA) is 45.7 Å². The van der Waals surface area contributed by atoms with Gasteiger partial charge in [-0.25, -0.2) is 4.98 Å². The Balaban J connectivity index is 1.14. The molecule has 1 aromatic carbocycles. The molecular formula is C23H27N3O2. The monoisotopic (exact) mass is 377 g/mol. The van der Waals surface area contributed by atoms with Crippen LogP contribution in [0.4, 0.5) is 0 Å². The summed E-state index contributed by atoms with van der Waals surface area (Å²) in [5.74, 6) is 1.61. The van der Waals surface area contributed by atoms with Gasteiger partial charge in [0.15, 0.2) is 0 Å². The van der Waals surface area contributed by atoms with E-state index in [0.29, 0.717) is 24.5 Å². The molecule has 5 heteroatoms. The van der Waals surface area contributed by atoms with E-state index in [2.05, 4.69) is 22.0 Å². The molecule has 2 aliphatic heterocycles. The summed E-state index contributed by atoms with van der Waals surface area (Å²) in [6, 6.07) is 11.9. The molecule has 0 atom stereocenters. The number of piperidine rings is 1. The second-order valence-electron chi connectivity index (χ2n) is 8.38. The van der Waals surface area contributed by atoms with Crippen LogP contribution in [0.25, 0.3) is 0 Å². The van der Waals surface area contributed by atoms with Gasteiger partial charge in [-0.2, -0.15) is 0 Å². The van der Waals surface area contributed by atoms with Crippen molar-refractivity contribution in [1.82, 2.24) is 14.8 Å². The number of amides is 1. The lowest BCUT2D eigenvalue weighted by atomic mass is 10.1. The van der Waals surface area contributed by atoms with E-state index in [0.717, 1.165) is 31.8 Å². The molecule has 2 fully saturated rings. The van der Waals surface area contributed by atoms with Crippen LogP contribution in [0.15, 0.2) is 42.6 Å². The Bertz CT molecular complexity index is 814. The molecule has 146 valence electrons. The predicted molar refractivity (Wildman–Crippen MR) is 107 cm³/mol. The minimum absolute atomic E-state index is 0.0311. The van der Waals surface area contributed by atoms with Crippen molar-refractivity contribution < 1.29 is 9.53 Å². The van der Waals surface area contributed by atoms with E-state index in [4.69, 9.17) is 4.74 Å². The molecule has 0 N–H and O–H groups in total. The van der Waals surface area contributed by atoms with Crippen LogP contribution in [-0.4, -0.2) is 46.4 Å². The van der Waals surface area contributed by atoms with E-state index < -0.39 is 0 Å². The molecule has 1 aromatic heterocycles. The molecule has 0 bridgehead atoms. The van der Waals surface area contributed by atoms with E-state index in [1.54, 1.807) is 6.20 Å². The highest BCUT2D eigenvalue weighted by Crippen LogP contribution is 2.31. The summed E-state index contributed by atoms with van der Waals surface area (Å²) < 4.78 is 6.07. The summed E-state index contributed by atoms with van der Waals surface area (Å²) >= 11 is 0. The Labute approximate surface area is 166 Å². The van der Waals surface area contributed by atoms with E-state index in [1.807, 2.05) is 29.2 Å². The molecule has 3 aliphatic rings. The van der Waals surface area contributed by atoms with Gasteiger partial charge in [0.25, 0.3) is 5.91 Å². The van der Waals surface area contributed by atoms with Crippen molar-refractivity contribution in [2.24, 2.45) is 5.92 Å². The summed E-state index contributed by atoms with van der Waals surface area (Å²) in [7, 11) is 0.